The van der Waals surface area contributed by atoms with Crippen LogP contribution in [0.3, 0.4) is 0 Å². The molecule has 2 aromatic carbocycles. The number of hydrogen-bond donors (Lipinski definition) is 2. The van der Waals surface area contributed by atoms with Gasteiger partial charge in [0, 0.05) is 12.2 Å². The first-order chi connectivity index (χ1) is 12.0. The minimum atomic E-state index is -4.71. The predicted octanol–water partition coefficient (Wildman–Crippen LogP) is 5.70. The number of benzene rings is 2. The standard InChI is InChI=1S/C16H11ClF6N2O/c17-13-6-5-10(7-12(13)16(21,22)23)25-14(26)24-8-9-3-1-2-4-11(9)15(18,19)20/h1-7H,8H2,(H2,24,25,26). The fraction of sp³-hybridized carbons (Fsp3) is 0.188. The molecule has 0 bridgehead atoms. The maximum atomic E-state index is 12.9. The molecular formula is C16H11ClF6N2O. The van der Waals surface area contributed by atoms with Crippen molar-refractivity contribution in [2.24, 2.45) is 0 Å². The van der Waals surface area contributed by atoms with Gasteiger partial charge in [-0.3, -0.25) is 0 Å². The highest BCUT2D eigenvalue weighted by Crippen LogP contribution is 2.36. The Labute approximate surface area is 149 Å². The van der Waals surface area contributed by atoms with Gasteiger partial charge in [0.15, 0.2) is 0 Å². The Morgan fingerprint density at radius 1 is 0.923 bits per heavy atom. The summed E-state index contributed by atoms with van der Waals surface area (Å²) in [6.07, 6.45) is -9.30. The minimum Gasteiger partial charge on any atom is -0.334 e. The second kappa shape index (κ2) is 7.45. The molecule has 2 N–H and O–H groups in total. The zero-order valence-corrected chi connectivity index (χ0v) is 13.6. The molecule has 2 amide bonds. The molecule has 0 atom stereocenters. The number of anilines is 1. The molecule has 0 saturated carbocycles. The number of rotatable bonds is 3. The largest absolute Gasteiger partial charge is 0.417 e. The van der Waals surface area contributed by atoms with Crippen LogP contribution in [0, 0.1) is 0 Å². The predicted molar refractivity (Wildman–Crippen MR) is 83.8 cm³/mol. The van der Waals surface area contributed by atoms with E-state index in [4.69, 9.17) is 11.6 Å². The Morgan fingerprint density at radius 3 is 2.15 bits per heavy atom. The van der Waals surface area contributed by atoms with E-state index in [9.17, 15) is 31.1 Å². The third-order valence-corrected chi connectivity index (χ3v) is 3.62. The van der Waals surface area contributed by atoms with E-state index >= 15 is 0 Å². The van der Waals surface area contributed by atoms with Crippen LogP contribution in [-0.2, 0) is 18.9 Å². The molecule has 140 valence electrons. The van der Waals surface area contributed by atoms with Gasteiger partial charge in [-0.05, 0) is 29.8 Å². The van der Waals surface area contributed by atoms with E-state index in [0.717, 1.165) is 18.2 Å². The maximum Gasteiger partial charge on any atom is 0.417 e. The highest BCUT2D eigenvalue weighted by atomic mass is 35.5. The number of carbonyl (C=O) groups is 1. The van der Waals surface area contributed by atoms with E-state index in [0.29, 0.717) is 6.07 Å². The first-order valence-electron chi connectivity index (χ1n) is 7.05. The van der Waals surface area contributed by atoms with Gasteiger partial charge < -0.3 is 10.6 Å². The molecule has 0 aliphatic rings. The highest BCUT2D eigenvalue weighted by molar-refractivity contribution is 6.31. The lowest BCUT2D eigenvalue weighted by atomic mass is 10.1. The van der Waals surface area contributed by atoms with Crippen LogP contribution < -0.4 is 10.6 Å². The van der Waals surface area contributed by atoms with Crippen LogP contribution in [0.1, 0.15) is 16.7 Å². The van der Waals surface area contributed by atoms with Crippen LogP contribution in [0.25, 0.3) is 0 Å². The number of hydrogen-bond acceptors (Lipinski definition) is 1. The Hall–Kier alpha value is -2.42. The van der Waals surface area contributed by atoms with Crippen molar-refractivity contribution in [3.8, 4) is 0 Å². The summed E-state index contributed by atoms with van der Waals surface area (Å²) in [5.74, 6) is 0. The monoisotopic (exact) mass is 396 g/mol. The van der Waals surface area contributed by atoms with Gasteiger partial charge in [-0.15, -0.1) is 0 Å². The van der Waals surface area contributed by atoms with Crippen molar-refractivity contribution in [1.29, 1.82) is 0 Å². The van der Waals surface area contributed by atoms with Gasteiger partial charge in [0.2, 0.25) is 0 Å². The van der Waals surface area contributed by atoms with E-state index in [1.165, 1.54) is 18.2 Å². The number of urea groups is 1. The van der Waals surface area contributed by atoms with Crippen LogP contribution >= 0.6 is 11.6 Å². The summed E-state index contributed by atoms with van der Waals surface area (Å²) >= 11 is 5.46. The Morgan fingerprint density at radius 2 is 1.54 bits per heavy atom. The van der Waals surface area contributed by atoms with Gasteiger partial charge in [0.25, 0.3) is 0 Å². The smallest absolute Gasteiger partial charge is 0.334 e. The third-order valence-electron chi connectivity index (χ3n) is 3.29. The Balaban J connectivity index is 2.07. The van der Waals surface area contributed by atoms with Crippen molar-refractivity contribution in [2.45, 2.75) is 18.9 Å². The lowest BCUT2D eigenvalue weighted by Gasteiger charge is -2.14. The van der Waals surface area contributed by atoms with E-state index in [2.05, 4.69) is 10.6 Å². The molecule has 0 aliphatic heterocycles. The zero-order chi connectivity index (χ0) is 19.5. The quantitative estimate of drug-likeness (QED) is 0.642. The van der Waals surface area contributed by atoms with Crippen molar-refractivity contribution in [3.05, 3.63) is 64.2 Å². The average molecular weight is 397 g/mol. The average Bonchev–Trinajstić information content (AvgIpc) is 2.53. The van der Waals surface area contributed by atoms with Crippen molar-refractivity contribution in [3.63, 3.8) is 0 Å². The first-order valence-corrected chi connectivity index (χ1v) is 7.43. The van der Waals surface area contributed by atoms with Gasteiger partial charge in [0.1, 0.15) is 0 Å². The van der Waals surface area contributed by atoms with Gasteiger partial charge in [-0.2, -0.15) is 26.3 Å². The summed E-state index contributed by atoms with van der Waals surface area (Å²) in [4.78, 5) is 11.8. The number of amides is 2. The van der Waals surface area contributed by atoms with Gasteiger partial charge in [-0.25, -0.2) is 4.79 Å². The van der Waals surface area contributed by atoms with Crippen LogP contribution in [0.2, 0.25) is 5.02 Å². The normalized spacial score (nSPS) is 12.0. The second-order valence-corrected chi connectivity index (χ2v) is 5.56. The van der Waals surface area contributed by atoms with Gasteiger partial charge in [0.05, 0.1) is 16.1 Å². The highest BCUT2D eigenvalue weighted by Gasteiger charge is 2.34. The number of alkyl halides is 6. The van der Waals surface area contributed by atoms with Crippen LogP contribution in [0.15, 0.2) is 42.5 Å². The van der Waals surface area contributed by atoms with Crippen LogP contribution in [0.4, 0.5) is 36.8 Å². The second-order valence-electron chi connectivity index (χ2n) is 5.15. The third kappa shape index (κ3) is 5.04. The van der Waals surface area contributed by atoms with E-state index < -0.39 is 41.1 Å². The number of carbonyl (C=O) groups excluding carboxylic acids is 1. The van der Waals surface area contributed by atoms with E-state index in [1.54, 1.807) is 0 Å². The Kier molecular flexibility index (Phi) is 5.70. The van der Waals surface area contributed by atoms with Gasteiger partial charge >= 0.3 is 18.4 Å². The molecule has 2 aromatic rings. The molecule has 0 saturated heterocycles. The Bertz CT molecular complexity index is 804. The van der Waals surface area contributed by atoms with Crippen molar-refractivity contribution in [2.75, 3.05) is 5.32 Å². The van der Waals surface area contributed by atoms with Crippen molar-refractivity contribution < 1.29 is 31.1 Å². The number of halogens is 7. The first kappa shape index (κ1) is 19.9. The SMILES string of the molecule is O=C(NCc1ccccc1C(F)(F)F)Nc1ccc(Cl)c(C(F)(F)F)c1. The van der Waals surface area contributed by atoms with Gasteiger partial charge in [-0.1, -0.05) is 29.8 Å². The topological polar surface area (TPSA) is 41.1 Å². The van der Waals surface area contributed by atoms with Crippen LogP contribution in [0.5, 0.6) is 0 Å². The molecule has 26 heavy (non-hydrogen) atoms. The molecule has 0 unspecified atom stereocenters. The summed E-state index contributed by atoms with van der Waals surface area (Å²) in [5.41, 5.74) is -2.43. The lowest BCUT2D eigenvalue weighted by Crippen LogP contribution is -2.29. The molecular weight excluding hydrogens is 386 g/mol. The molecule has 2 rings (SSSR count). The molecule has 10 heteroatoms. The molecule has 0 spiro atoms. The molecule has 3 nitrogen and oxygen atoms in total. The maximum absolute atomic E-state index is 12.9. The number of nitrogens with one attached hydrogen (secondary N) is 2. The fourth-order valence-electron chi connectivity index (χ4n) is 2.12. The molecule has 0 fully saturated rings. The summed E-state index contributed by atoms with van der Waals surface area (Å²) in [6, 6.07) is 6.40. The van der Waals surface area contributed by atoms with E-state index in [1.807, 2.05) is 0 Å². The molecule has 0 aliphatic carbocycles. The van der Waals surface area contributed by atoms with E-state index in [-0.39, 0.29) is 11.3 Å². The lowest BCUT2D eigenvalue weighted by molar-refractivity contribution is -0.138. The minimum absolute atomic E-state index is 0.178. The molecule has 0 heterocycles. The van der Waals surface area contributed by atoms with Crippen molar-refractivity contribution in [1.82, 2.24) is 5.32 Å². The molecule has 0 radical (unpaired) electrons. The summed E-state index contributed by atoms with van der Waals surface area (Å²) in [5, 5.41) is 3.75. The zero-order valence-electron chi connectivity index (χ0n) is 12.8. The fourth-order valence-corrected chi connectivity index (χ4v) is 2.35. The van der Waals surface area contributed by atoms with Crippen LogP contribution in [-0.4, -0.2) is 6.03 Å². The van der Waals surface area contributed by atoms with Crippen molar-refractivity contribution >= 4 is 23.3 Å². The summed E-state index contributed by atoms with van der Waals surface area (Å²) in [6.45, 7) is -0.457. The molecule has 0 aromatic heterocycles. The summed E-state index contributed by atoms with van der Waals surface area (Å²) in [7, 11) is 0. The summed E-state index contributed by atoms with van der Waals surface area (Å²) < 4.78 is 76.9.